The Balaban J connectivity index is 2.09. The van der Waals surface area contributed by atoms with Crippen LogP contribution in [0.5, 0.6) is 0 Å². The molecule has 0 radical (unpaired) electrons. The average Bonchev–Trinajstić information content (AvgIpc) is 2.55. The molecule has 0 bridgehead atoms. The van der Waals surface area contributed by atoms with Crippen molar-refractivity contribution >= 4 is 21.7 Å². The third-order valence-electron chi connectivity index (χ3n) is 4.29. The molecule has 0 atom stereocenters. The van der Waals surface area contributed by atoms with Crippen LogP contribution in [0.3, 0.4) is 0 Å². The molecule has 1 aliphatic heterocycles. The van der Waals surface area contributed by atoms with E-state index in [4.69, 9.17) is 0 Å². The summed E-state index contributed by atoms with van der Waals surface area (Å²) in [6, 6.07) is 4.41. The Morgan fingerprint density at radius 2 is 1.75 bits per heavy atom. The molecule has 0 unspecified atom stereocenters. The van der Waals surface area contributed by atoms with Gasteiger partial charge in [0.25, 0.3) is 10.2 Å². The minimum Gasteiger partial charge on any atom is -0.367 e. The smallest absolute Gasteiger partial charge is 0.282 e. The first-order valence-electron chi connectivity index (χ1n) is 8.11. The number of ketones is 1. The highest BCUT2D eigenvalue weighted by Crippen LogP contribution is 2.23. The molecule has 1 aliphatic rings. The van der Waals surface area contributed by atoms with Crippen LogP contribution >= 0.6 is 0 Å². The lowest BCUT2D eigenvalue weighted by Gasteiger charge is -2.37. The largest absolute Gasteiger partial charge is 0.367 e. The Hall–Kier alpha value is -1.51. The van der Waals surface area contributed by atoms with Crippen molar-refractivity contribution < 1.29 is 17.6 Å². The number of carbonyl (C=O) groups excluding carboxylic acids is 1. The zero-order valence-corrected chi connectivity index (χ0v) is 15.1. The summed E-state index contributed by atoms with van der Waals surface area (Å²) in [5.74, 6) is -0.640. The van der Waals surface area contributed by atoms with Crippen LogP contribution in [0.1, 0.15) is 31.1 Å². The van der Waals surface area contributed by atoms with Crippen molar-refractivity contribution in [3.63, 3.8) is 0 Å². The Morgan fingerprint density at radius 1 is 1.17 bits per heavy atom. The standard InChI is InChI=1S/C16H24FN3O3S/c1-4-19(5-2)24(22,23)20-10-8-18(9-11-20)16-7-6-14(13(3)21)12-15(16)17/h6-7,12H,4-5,8-11H2,1-3H3. The fourth-order valence-corrected chi connectivity index (χ4v) is 4.46. The van der Waals surface area contributed by atoms with Gasteiger partial charge >= 0.3 is 0 Å². The van der Waals surface area contributed by atoms with Gasteiger partial charge in [-0.15, -0.1) is 0 Å². The summed E-state index contributed by atoms with van der Waals surface area (Å²) >= 11 is 0. The lowest BCUT2D eigenvalue weighted by atomic mass is 10.1. The predicted octanol–water partition coefficient (Wildman–Crippen LogP) is 1.74. The zero-order valence-electron chi connectivity index (χ0n) is 14.3. The first-order chi connectivity index (χ1) is 11.3. The number of hydrogen-bond donors (Lipinski definition) is 0. The molecule has 24 heavy (non-hydrogen) atoms. The third kappa shape index (κ3) is 3.76. The first-order valence-corrected chi connectivity index (χ1v) is 9.51. The molecule has 1 aromatic rings. The number of carbonyl (C=O) groups is 1. The number of benzene rings is 1. The van der Waals surface area contributed by atoms with Gasteiger partial charge in [0.1, 0.15) is 5.82 Å². The maximum absolute atomic E-state index is 14.2. The van der Waals surface area contributed by atoms with Crippen LogP contribution < -0.4 is 4.90 Å². The molecule has 2 rings (SSSR count). The van der Waals surface area contributed by atoms with Gasteiger partial charge in [-0.2, -0.15) is 17.0 Å². The van der Waals surface area contributed by atoms with E-state index >= 15 is 0 Å². The molecule has 6 nitrogen and oxygen atoms in total. The highest BCUT2D eigenvalue weighted by Gasteiger charge is 2.31. The minimum absolute atomic E-state index is 0.185. The number of rotatable bonds is 6. The number of Topliss-reactive ketones (excluding diaryl/α,β-unsaturated/α-hetero) is 1. The lowest BCUT2D eigenvalue weighted by Crippen LogP contribution is -2.53. The number of anilines is 1. The van der Waals surface area contributed by atoms with E-state index < -0.39 is 16.0 Å². The molecule has 8 heteroatoms. The van der Waals surface area contributed by atoms with Crippen LogP contribution in [0.4, 0.5) is 10.1 Å². The predicted molar refractivity (Wildman–Crippen MR) is 92.0 cm³/mol. The van der Waals surface area contributed by atoms with Crippen molar-refractivity contribution in [3.05, 3.63) is 29.6 Å². The van der Waals surface area contributed by atoms with Crippen molar-refractivity contribution in [2.75, 3.05) is 44.2 Å². The average molecular weight is 357 g/mol. The summed E-state index contributed by atoms with van der Waals surface area (Å²) in [6.07, 6.45) is 0. The summed E-state index contributed by atoms with van der Waals surface area (Å²) in [5.41, 5.74) is 0.735. The summed E-state index contributed by atoms with van der Waals surface area (Å²) in [4.78, 5) is 13.1. The summed E-state index contributed by atoms with van der Waals surface area (Å²) in [6.45, 7) is 7.32. The second-order valence-electron chi connectivity index (χ2n) is 5.70. The maximum Gasteiger partial charge on any atom is 0.282 e. The lowest BCUT2D eigenvalue weighted by molar-refractivity contribution is 0.101. The van der Waals surface area contributed by atoms with Gasteiger partial charge in [-0.05, 0) is 25.1 Å². The third-order valence-corrected chi connectivity index (χ3v) is 6.48. The molecular formula is C16H24FN3O3S. The van der Waals surface area contributed by atoms with E-state index in [1.165, 1.54) is 21.6 Å². The first kappa shape index (κ1) is 18.8. The van der Waals surface area contributed by atoms with Crippen LogP contribution in [0.15, 0.2) is 18.2 Å². The van der Waals surface area contributed by atoms with Crippen LogP contribution in [0, 0.1) is 5.82 Å². The van der Waals surface area contributed by atoms with Gasteiger partial charge in [0.15, 0.2) is 5.78 Å². The van der Waals surface area contributed by atoms with Gasteiger partial charge in [-0.1, -0.05) is 13.8 Å². The fraction of sp³-hybridized carbons (Fsp3) is 0.562. The number of piperazine rings is 1. The van der Waals surface area contributed by atoms with Gasteiger partial charge in [-0.25, -0.2) is 4.39 Å². The van der Waals surface area contributed by atoms with Gasteiger partial charge in [-0.3, -0.25) is 4.79 Å². The van der Waals surface area contributed by atoms with Gasteiger partial charge in [0.2, 0.25) is 0 Å². The number of halogens is 1. The summed E-state index contributed by atoms with van der Waals surface area (Å²) < 4.78 is 42.1. The van der Waals surface area contributed by atoms with Crippen molar-refractivity contribution in [2.45, 2.75) is 20.8 Å². The second-order valence-corrected chi connectivity index (χ2v) is 7.63. The van der Waals surface area contributed by atoms with E-state index in [2.05, 4.69) is 0 Å². The quantitative estimate of drug-likeness (QED) is 0.728. The van der Waals surface area contributed by atoms with Crippen molar-refractivity contribution in [2.24, 2.45) is 0 Å². The molecule has 1 heterocycles. The van der Waals surface area contributed by atoms with E-state index in [0.717, 1.165) is 0 Å². The van der Waals surface area contributed by atoms with E-state index in [9.17, 15) is 17.6 Å². The van der Waals surface area contributed by atoms with Crippen LogP contribution in [-0.2, 0) is 10.2 Å². The highest BCUT2D eigenvalue weighted by atomic mass is 32.2. The Labute approximate surface area is 143 Å². The molecule has 0 aliphatic carbocycles. The second kappa shape index (κ2) is 7.58. The SMILES string of the molecule is CCN(CC)S(=O)(=O)N1CCN(c2ccc(C(C)=O)cc2F)CC1. The van der Waals surface area contributed by atoms with Gasteiger partial charge < -0.3 is 4.90 Å². The maximum atomic E-state index is 14.2. The highest BCUT2D eigenvalue weighted by molar-refractivity contribution is 7.86. The molecule has 134 valence electrons. The van der Waals surface area contributed by atoms with Crippen molar-refractivity contribution in [1.29, 1.82) is 0 Å². The number of nitrogens with zero attached hydrogens (tertiary/aromatic N) is 3. The normalized spacial score (nSPS) is 16.6. The van der Waals surface area contributed by atoms with Crippen molar-refractivity contribution in [1.82, 2.24) is 8.61 Å². The topological polar surface area (TPSA) is 60.9 Å². The van der Waals surface area contributed by atoms with Crippen LogP contribution in [0.25, 0.3) is 0 Å². The van der Waals surface area contributed by atoms with Crippen LogP contribution in [0.2, 0.25) is 0 Å². The Bertz CT molecular complexity index is 697. The molecule has 0 N–H and O–H groups in total. The summed E-state index contributed by atoms with van der Waals surface area (Å²) in [7, 11) is -3.46. The van der Waals surface area contributed by atoms with E-state index in [0.29, 0.717) is 50.5 Å². The number of hydrogen-bond acceptors (Lipinski definition) is 4. The Kier molecular flexibility index (Phi) is 5.95. The van der Waals surface area contributed by atoms with Crippen LogP contribution in [-0.4, -0.2) is 62.1 Å². The zero-order chi connectivity index (χ0) is 17.9. The van der Waals surface area contributed by atoms with E-state index in [1.807, 2.05) is 18.7 Å². The van der Waals surface area contributed by atoms with E-state index in [1.54, 1.807) is 12.1 Å². The monoisotopic (exact) mass is 357 g/mol. The molecule has 0 aromatic heterocycles. The molecule has 0 spiro atoms. The van der Waals surface area contributed by atoms with Crippen molar-refractivity contribution in [3.8, 4) is 0 Å². The molecule has 0 amide bonds. The molecular weight excluding hydrogens is 333 g/mol. The summed E-state index contributed by atoms with van der Waals surface area (Å²) in [5, 5.41) is 0. The van der Waals surface area contributed by atoms with Gasteiger partial charge in [0, 0.05) is 44.8 Å². The molecule has 0 saturated carbocycles. The minimum atomic E-state index is -3.46. The Morgan fingerprint density at radius 3 is 2.21 bits per heavy atom. The molecule has 1 fully saturated rings. The van der Waals surface area contributed by atoms with E-state index in [-0.39, 0.29) is 5.78 Å². The molecule has 1 saturated heterocycles. The fourth-order valence-electron chi connectivity index (χ4n) is 2.86. The molecule has 1 aromatic carbocycles. The van der Waals surface area contributed by atoms with Gasteiger partial charge in [0.05, 0.1) is 5.69 Å².